The standard InChI is InChI=1S/C19H38N2O6S/c1-5-6-7-8-9-10-11-26-12-13-27-15-19(23)20-17-21(2,3)14-18(22)16-28(4,24)25/h7-8,18,22H,5-6,9-17H2,1-4H3/p+1/b8-7-. The average molecular weight is 424 g/mol. The van der Waals surface area contributed by atoms with Gasteiger partial charge in [0.05, 0.1) is 33.1 Å². The van der Waals surface area contributed by atoms with Gasteiger partial charge in [-0.1, -0.05) is 25.5 Å². The number of carbonyl (C=O) groups is 1. The van der Waals surface area contributed by atoms with Crippen LogP contribution in [0.1, 0.15) is 32.6 Å². The number of sulfone groups is 1. The van der Waals surface area contributed by atoms with Crippen LogP contribution < -0.4 is 5.32 Å². The summed E-state index contributed by atoms with van der Waals surface area (Å²) in [5, 5.41) is 12.6. The fourth-order valence-electron chi connectivity index (χ4n) is 2.48. The highest BCUT2D eigenvalue weighted by Crippen LogP contribution is 2.01. The van der Waals surface area contributed by atoms with E-state index in [2.05, 4.69) is 24.4 Å². The highest BCUT2D eigenvalue weighted by atomic mass is 32.2. The Kier molecular flexibility index (Phi) is 14.4. The van der Waals surface area contributed by atoms with Gasteiger partial charge in [-0.15, -0.1) is 0 Å². The van der Waals surface area contributed by atoms with Crippen LogP contribution >= 0.6 is 0 Å². The second-order valence-corrected chi connectivity index (χ2v) is 9.87. The van der Waals surface area contributed by atoms with Gasteiger partial charge in [-0.3, -0.25) is 4.79 Å². The van der Waals surface area contributed by atoms with Crippen LogP contribution in [0.5, 0.6) is 0 Å². The van der Waals surface area contributed by atoms with Crippen molar-refractivity contribution in [3.63, 3.8) is 0 Å². The fourth-order valence-corrected chi connectivity index (χ4v) is 3.29. The molecule has 2 N–H and O–H groups in total. The van der Waals surface area contributed by atoms with E-state index < -0.39 is 15.9 Å². The topological polar surface area (TPSA) is 102 Å². The zero-order valence-corrected chi connectivity index (χ0v) is 18.7. The summed E-state index contributed by atoms with van der Waals surface area (Å²) in [4.78, 5) is 11.8. The molecule has 9 heteroatoms. The normalized spacial score (nSPS) is 13.8. The van der Waals surface area contributed by atoms with Crippen LogP contribution in [0.15, 0.2) is 12.2 Å². The molecule has 166 valence electrons. The quantitative estimate of drug-likeness (QED) is 0.155. The monoisotopic (exact) mass is 423 g/mol. The molecule has 0 aromatic rings. The summed E-state index contributed by atoms with van der Waals surface area (Å²) in [7, 11) is 0.368. The Morgan fingerprint density at radius 1 is 1.14 bits per heavy atom. The Balaban J connectivity index is 3.73. The average Bonchev–Trinajstić information content (AvgIpc) is 2.55. The van der Waals surface area contributed by atoms with E-state index in [1.54, 1.807) is 14.1 Å². The minimum atomic E-state index is -3.24. The van der Waals surface area contributed by atoms with Crippen LogP contribution in [0.2, 0.25) is 0 Å². The molecule has 0 aliphatic carbocycles. The molecule has 0 aromatic heterocycles. The maximum Gasteiger partial charge on any atom is 0.250 e. The number of amides is 1. The van der Waals surface area contributed by atoms with Crippen molar-refractivity contribution in [3.05, 3.63) is 12.2 Å². The van der Waals surface area contributed by atoms with Gasteiger partial charge in [-0.25, -0.2) is 8.42 Å². The summed E-state index contributed by atoms with van der Waals surface area (Å²) in [6, 6.07) is 0. The van der Waals surface area contributed by atoms with Crippen molar-refractivity contribution < 1.29 is 32.3 Å². The van der Waals surface area contributed by atoms with E-state index in [1.165, 1.54) is 6.42 Å². The molecule has 8 nitrogen and oxygen atoms in total. The minimum Gasteiger partial charge on any atom is -0.386 e. The second-order valence-electron chi connectivity index (χ2n) is 7.69. The number of quaternary nitrogens is 1. The van der Waals surface area contributed by atoms with Crippen molar-refractivity contribution in [1.82, 2.24) is 5.32 Å². The Labute approximate surface area is 170 Å². The molecule has 0 fully saturated rings. The molecule has 0 aliphatic heterocycles. The van der Waals surface area contributed by atoms with Gasteiger partial charge in [0, 0.05) is 12.9 Å². The zero-order chi connectivity index (χ0) is 21.5. The molecule has 28 heavy (non-hydrogen) atoms. The number of hydrogen-bond donors (Lipinski definition) is 2. The van der Waals surface area contributed by atoms with Crippen LogP contribution in [0.25, 0.3) is 0 Å². The lowest BCUT2D eigenvalue weighted by atomic mass is 10.2. The molecule has 0 spiro atoms. The first-order valence-electron chi connectivity index (χ1n) is 9.80. The summed E-state index contributed by atoms with van der Waals surface area (Å²) in [5.74, 6) is -0.550. The van der Waals surface area contributed by atoms with Crippen LogP contribution in [0.4, 0.5) is 0 Å². The molecule has 0 heterocycles. The largest absolute Gasteiger partial charge is 0.386 e. The Hall–Kier alpha value is -1.00. The SMILES string of the molecule is CCC/C=C\CCCOCCOCC(=O)NC[N+](C)(C)CC(O)CS(C)(=O)=O. The molecule has 1 amide bonds. The minimum absolute atomic E-state index is 0.0605. The highest BCUT2D eigenvalue weighted by Gasteiger charge is 2.23. The number of nitrogens with zero attached hydrogens (tertiary/aromatic N) is 1. The van der Waals surface area contributed by atoms with Crippen molar-refractivity contribution in [2.45, 2.75) is 38.7 Å². The van der Waals surface area contributed by atoms with E-state index in [4.69, 9.17) is 9.47 Å². The third kappa shape index (κ3) is 18.4. The first kappa shape index (κ1) is 27.0. The zero-order valence-electron chi connectivity index (χ0n) is 17.9. The molecule has 1 unspecified atom stereocenters. The van der Waals surface area contributed by atoms with E-state index in [9.17, 15) is 18.3 Å². The number of carbonyl (C=O) groups excluding carboxylic acids is 1. The van der Waals surface area contributed by atoms with E-state index >= 15 is 0 Å². The van der Waals surface area contributed by atoms with Crippen LogP contribution in [-0.4, -0.2) is 95.8 Å². The number of aliphatic hydroxyl groups is 1. The summed E-state index contributed by atoms with van der Waals surface area (Å²) >= 11 is 0. The Morgan fingerprint density at radius 3 is 2.43 bits per heavy atom. The lowest BCUT2D eigenvalue weighted by Gasteiger charge is -2.31. The number of allylic oxidation sites excluding steroid dienone is 2. The number of unbranched alkanes of at least 4 members (excludes halogenated alkanes) is 2. The van der Waals surface area contributed by atoms with Crippen LogP contribution in [0.3, 0.4) is 0 Å². The molecular weight excluding hydrogens is 384 g/mol. The summed E-state index contributed by atoms with van der Waals surface area (Å²) in [5.41, 5.74) is 0. The van der Waals surface area contributed by atoms with Gasteiger partial charge < -0.3 is 24.4 Å². The van der Waals surface area contributed by atoms with E-state index in [0.29, 0.717) is 19.8 Å². The molecule has 0 aromatic carbocycles. The van der Waals surface area contributed by atoms with Crippen molar-refractivity contribution in [3.8, 4) is 0 Å². The van der Waals surface area contributed by atoms with Gasteiger partial charge in [0.2, 0.25) is 5.91 Å². The van der Waals surface area contributed by atoms with Gasteiger partial charge in [-0.2, -0.15) is 0 Å². The summed E-state index contributed by atoms with van der Waals surface area (Å²) in [6.45, 7) is 4.05. The smallest absolute Gasteiger partial charge is 0.250 e. The van der Waals surface area contributed by atoms with Crippen molar-refractivity contribution in [2.24, 2.45) is 0 Å². The van der Waals surface area contributed by atoms with Crippen molar-refractivity contribution in [1.29, 1.82) is 0 Å². The van der Waals surface area contributed by atoms with Gasteiger partial charge in [0.1, 0.15) is 29.1 Å². The maximum absolute atomic E-state index is 11.8. The third-order valence-electron chi connectivity index (χ3n) is 3.79. The van der Waals surface area contributed by atoms with Crippen LogP contribution in [-0.2, 0) is 24.1 Å². The van der Waals surface area contributed by atoms with E-state index in [1.807, 2.05) is 0 Å². The van der Waals surface area contributed by atoms with E-state index in [0.717, 1.165) is 25.5 Å². The Bertz CT molecular complexity index is 549. The van der Waals surface area contributed by atoms with Gasteiger partial charge >= 0.3 is 0 Å². The number of likely N-dealkylation sites (N-methyl/N-ethyl adjacent to an activating group) is 1. The molecule has 0 bridgehead atoms. The number of hydrogen-bond acceptors (Lipinski definition) is 6. The highest BCUT2D eigenvalue weighted by molar-refractivity contribution is 7.90. The molecule has 0 saturated heterocycles. The molecule has 0 aliphatic rings. The predicted octanol–water partition coefficient (Wildman–Crippen LogP) is 0.712. The molecule has 0 rings (SSSR count). The fraction of sp³-hybridized carbons (Fsp3) is 0.842. The molecule has 0 radical (unpaired) electrons. The number of aliphatic hydroxyl groups excluding tert-OH is 1. The first-order chi connectivity index (χ1) is 13.1. The summed E-state index contributed by atoms with van der Waals surface area (Å²) < 4.78 is 33.4. The predicted molar refractivity (Wildman–Crippen MR) is 111 cm³/mol. The van der Waals surface area contributed by atoms with Crippen LogP contribution in [0, 0.1) is 0 Å². The van der Waals surface area contributed by atoms with Crippen molar-refractivity contribution in [2.75, 3.05) is 65.7 Å². The molecule has 1 atom stereocenters. The van der Waals surface area contributed by atoms with Gasteiger partial charge in [0.15, 0.2) is 6.67 Å². The van der Waals surface area contributed by atoms with E-state index in [-0.39, 0.29) is 36.0 Å². The molecule has 0 saturated carbocycles. The second kappa shape index (κ2) is 14.9. The maximum atomic E-state index is 11.8. The number of ether oxygens (including phenoxy) is 2. The number of nitrogens with one attached hydrogen (secondary N) is 1. The van der Waals surface area contributed by atoms with Crippen molar-refractivity contribution >= 4 is 15.7 Å². The number of rotatable bonds is 17. The molecular formula is C19H39N2O6S+. The third-order valence-corrected chi connectivity index (χ3v) is 4.78. The van der Waals surface area contributed by atoms with Gasteiger partial charge in [-0.05, 0) is 19.3 Å². The summed E-state index contributed by atoms with van der Waals surface area (Å²) in [6.07, 6.45) is 8.74. The lowest BCUT2D eigenvalue weighted by Crippen LogP contribution is -2.53. The van der Waals surface area contributed by atoms with Gasteiger partial charge in [0.25, 0.3) is 0 Å². The lowest BCUT2D eigenvalue weighted by molar-refractivity contribution is -0.894. The first-order valence-corrected chi connectivity index (χ1v) is 11.9. The Morgan fingerprint density at radius 2 is 1.79 bits per heavy atom.